The Hall–Kier alpha value is -3.05. The first-order chi connectivity index (χ1) is 16.2. The number of aliphatic carboxylic acids is 1. The molecule has 0 unspecified atom stereocenters. The van der Waals surface area contributed by atoms with Crippen LogP contribution < -0.4 is 39.9 Å². The average molecular weight is 505 g/mol. The van der Waals surface area contributed by atoms with Crippen LogP contribution in [0.5, 0.6) is 0 Å². The van der Waals surface area contributed by atoms with Gasteiger partial charge < -0.3 is 15.4 Å². The number of halogens is 1. The van der Waals surface area contributed by atoms with Crippen LogP contribution in [0.25, 0.3) is 16.7 Å². The van der Waals surface area contributed by atoms with Gasteiger partial charge in [0.05, 0.1) is 29.8 Å². The van der Waals surface area contributed by atoms with E-state index in [4.69, 9.17) is 21.5 Å². The van der Waals surface area contributed by atoms with Crippen LogP contribution in [0.1, 0.15) is 53.1 Å². The van der Waals surface area contributed by atoms with Crippen molar-refractivity contribution in [1.29, 1.82) is 0 Å². The molecule has 0 fully saturated rings. The third kappa shape index (κ3) is 6.98. The summed E-state index contributed by atoms with van der Waals surface area (Å²) in [7, 11) is 0. The number of Topliss-reactive ketones (excluding diaryl/α,β-unsaturated/α-hetero) is 1. The van der Waals surface area contributed by atoms with Crippen LogP contribution in [0.4, 0.5) is 5.82 Å². The second kappa shape index (κ2) is 12.6. The second-order valence-corrected chi connectivity index (χ2v) is 7.73. The molecule has 12 heteroatoms. The van der Waals surface area contributed by atoms with Gasteiger partial charge in [-0.2, -0.15) is 11.3 Å². The minimum atomic E-state index is -0.833. The fourth-order valence-electron chi connectivity index (χ4n) is 3.18. The predicted octanol–water partition coefficient (Wildman–Crippen LogP) is 1.06. The number of carbonyl (C=O) groups excluding carboxylic acids is 2. The summed E-state index contributed by atoms with van der Waals surface area (Å²) >= 11 is 6.03. The molecule has 4 aromatic rings. The van der Waals surface area contributed by atoms with E-state index in [9.17, 15) is 9.59 Å². The number of fused-ring (bicyclic) bond motifs is 1. The van der Waals surface area contributed by atoms with Crippen LogP contribution in [0.3, 0.4) is 0 Å². The minimum Gasteiger partial charge on any atom is -0.663 e. The van der Waals surface area contributed by atoms with E-state index in [-0.39, 0.29) is 47.1 Å². The van der Waals surface area contributed by atoms with E-state index in [1.165, 1.54) is 18.6 Å². The first-order valence-electron chi connectivity index (χ1n) is 10.3. The van der Waals surface area contributed by atoms with Crippen molar-refractivity contribution in [2.45, 2.75) is 33.6 Å². The van der Waals surface area contributed by atoms with Crippen LogP contribution in [0, 0.1) is 6.92 Å². The molecule has 0 aliphatic heterocycles. The van der Waals surface area contributed by atoms with Gasteiger partial charge in [0.2, 0.25) is 0 Å². The Kier molecular flexibility index (Phi) is 10.1. The Morgan fingerprint density at radius 2 is 1.86 bits per heavy atom. The van der Waals surface area contributed by atoms with Gasteiger partial charge in [0.1, 0.15) is 0 Å². The summed E-state index contributed by atoms with van der Waals surface area (Å²) in [5.74, 6) is -0.404. The fourth-order valence-corrected chi connectivity index (χ4v) is 3.35. The van der Waals surface area contributed by atoms with Gasteiger partial charge in [-0.15, -0.1) is 5.52 Å². The fraction of sp³-hybridized carbons (Fsp3) is 0.217. The van der Waals surface area contributed by atoms with Crippen molar-refractivity contribution in [1.82, 2.24) is 24.7 Å². The Bertz CT molecular complexity index is 1350. The molecule has 0 aliphatic rings. The van der Waals surface area contributed by atoms with Crippen molar-refractivity contribution < 1.29 is 49.0 Å². The molecule has 0 saturated heterocycles. The molecule has 1 aromatic carbocycles. The first-order valence-corrected chi connectivity index (χ1v) is 10.7. The maximum absolute atomic E-state index is 12.6. The number of hydrogen-bond acceptors (Lipinski definition) is 6. The van der Waals surface area contributed by atoms with Crippen LogP contribution in [-0.2, 0) is 4.79 Å². The SMILES string of the molecule is CC(=O)O.CCCC(=O)c1cnn(-c2cnc(NC(=O)c3c[n-]c4ccc(Cl)cc34)cn2)c1C.[Na+]. The zero-order chi connectivity index (χ0) is 24.8. The zero-order valence-corrected chi connectivity index (χ0v) is 22.5. The number of nitrogens with zero attached hydrogens (tertiary/aromatic N) is 5. The number of carboxylic acids is 1. The van der Waals surface area contributed by atoms with Crippen molar-refractivity contribution in [2.24, 2.45) is 0 Å². The number of hydrogen-bond donors (Lipinski definition) is 2. The van der Waals surface area contributed by atoms with Gasteiger partial charge in [-0.05, 0) is 30.9 Å². The molecule has 0 spiro atoms. The molecule has 2 N–H and O–H groups in total. The molecule has 0 atom stereocenters. The van der Waals surface area contributed by atoms with Crippen LogP contribution >= 0.6 is 11.6 Å². The summed E-state index contributed by atoms with van der Waals surface area (Å²) in [6, 6.07) is 5.18. The van der Waals surface area contributed by atoms with Crippen LogP contribution in [-0.4, -0.2) is 42.5 Å². The Morgan fingerprint density at radius 1 is 1.14 bits per heavy atom. The number of nitrogens with one attached hydrogen (secondary N) is 1. The van der Waals surface area contributed by atoms with Crippen LogP contribution in [0.15, 0.2) is 43.0 Å². The first kappa shape index (κ1) is 28.2. The molecular formula is C23H22ClN6NaO4. The number of aromatic nitrogens is 5. The van der Waals surface area contributed by atoms with Crippen molar-refractivity contribution in [3.05, 3.63) is 64.8 Å². The van der Waals surface area contributed by atoms with Gasteiger partial charge in [-0.3, -0.25) is 14.4 Å². The third-order valence-electron chi connectivity index (χ3n) is 4.71. The number of rotatable bonds is 6. The second-order valence-electron chi connectivity index (χ2n) is 7.29. The van der Waals surface area contributed by atoms with E-state index < -0.39 is 5.97 Å². The summed E-state index contributed by atoms with van der Waals surface area (Å²) in [6.07, 6.45) is 7.22. The van der Waals surface area contributed by atoms with Gasteiger partial charge in [0.25, 0.3) is 11.9 Å². The standard InChI is InChI=1S/C21H19ClN6O2.C2H4O2.Na/c1-3-4-18(29)15-9-26-28(12(15)2)20-11-24-19(10-25-20)27-21(30)16-8-23-17-6-5-13(22)7-14(16)17;1-2(3)4;/h5-11H,3-4H2,1-2H3,(H2,23,24,27,30);1H3,(H,3,4);/q;;+1/p-1. The molecule has 176 valence electrons. The zero-order valence-electron chi connectivity index (χ0n) is 19.7. The quantitative estimate of drug-likeness (QED) is 0.293. The molecule has 0 aliphatic carbocycles. The molecule has 35 heavy (non-hydrogen) atoms. The topological polar surface area (TPSA) is 141 Å². The Balaban J connectivity index is 0.000000804. The number of benzene rings is 1. The maximum atomic E-state index is 12.6. The summed E-state index contributed by atoms with van der Waals surface area (Å²) in [4.78, 5) is 46.6. The van der Waals surface area contributed by atoms with E-state index in [0.717, 1.165) is 13.3 Å². The Labute approximate surface area is 228 Å². The van der Waals surface area contributed by atoms with Crippen molar-refractivity contribution >= 4 is 46.0 Å². The smallest absolute Gasteiger partial charge is 0.663 e. The monoisotopic (exact) mass is 504 g/mol. The van der Waals surface area contributed by atoms with Gasteiger partial charge in [-0.1, -0.05) is 24.6 Å². The van der Waals surface area contributed by atoms with Crippen molar-refractivity contribution in [3.63, 3.8) is 0 Å². The minimum absolute atomic E-state index is 0. The normalized spacial score (nSPS) is 10.2. The van der Waals surface area contributed by atoms with E-state index in [1.807, 2.05) is 13.8 Å². The molecule has 0 saturated carbocycles. The van der Waals surface area contributed by atoms with Crippen LogP contribution in [0.2, 0.25) is 5.02 Å². The van der Waals surface area contributed by atoms with E-state index in [1.54, 1.807) is 29.1 Å². The largest absolute Gasteiger partial charge is 1.00 e. The molecular weight excluding hydrogens is 483 g/mol. The maximum Gasteiger partial charge on any atom is 1.00 e. The summed E-state index contributed by atoms with van der Waals surface area (Å²) in [5, 5.41) is 15.6. The number of anilines is 1. The molecule has 10 nitrogen and oxygen atoms in total. The van der Waals surface area contributed by atoms with Gasteiger partial charge in [0.15, 0.2) is 17.4 Å². The van der Waals surface area contributed by atoms with Crippen molar-refractivity contribution in [2.75, 3.05) is 5.32 Å². The number of ketones is 1. The predicted molar refractivity (Wildman–Crippen MR) is 127 cm³/mol. The molecule has 0 bridgehead atoms. The number of carboxylic acid groups (broad SMARTS) is 1. The van der Waals surface area contributed by atoms with Crippen molar-refractivity contribution in [3.8, 4) is 5.82 Å². The van der Waals surface area contributed by atoms with E-state index >= 15 is 0 Å². The summed E-state index contributed by atoms with van der Waals surface area (Å²) in [6.45, 7) is 4.85. The molecule has 0 radical (unpaired) electrons. The third-order valence-corrected chi connectivity index (χ3v) is 4.95. The average Bonchev–Trinajstić information content (AvgIpc) is 3.37. The summed E-state index contributed by atoms with van der Waals surface area (Å²) < 4.78 is 1.55. The molecule has 4 rings (SSSR count). The summed E-state index contributed by atoms with van der Waals surface area (Å²) in [5.41, 5.74) is 2.37. The molecule has 3 aromatic heterocycles. The van der Waals surface area contributed by atoms with Gasteiger partial charge in [0, 0.05) is 23.9 Å². The number of carbonyl (C=O) groups is 3. The van der Waals surface area contributed by atoms with E-state index in [0.29, 0.717) is 45.0 Å². The molecule has 3 heterocycles. The van der Waals surface area contributed by atoms with Gasteiger partial charge >= 0.3 is 29.6 Å². The Morgan fingerprint density at radius 3 is 2.49 bits per heavy atom. The van der Waals surface area contributed by atoms with Gasteiger partial charge in [-0.25, -0.2) is 14.6 Å². The number of amides is 1. The molecule has 1 amide bonds. The van der Waals surface area contributed by atoms with E-state index in [2.05, 4.69) is 25.4 Å².